The van der Waals surface area contributed by atoms with Gasteiger partial charge in [0, 0.05) is 37.6 Å². The molecular weight excluding hydrogens is 957 g/mol. The largest absolute Gasteiger partial charge is 0.458 e. The number of hydrogen-bond acceptors (Lipinski definition) is 4. The molecule has 0 aliphatic carbocycles. The molecule has 16 rings (SSSR count). The van der Waals surface area contributed by atoms with E-state index in [-0.39, 0.29) is 13.4 Å². The first kappa shape index (κ1) is 43.8. The Bertz CT molecular complexity index is 4450. The van der Waals surface area contributed by atoms with Crippen LogP contribution in [0.4, 0.5) is 17.1 Å². The van der Waals surface area contributed by atoms with Crippen molar-refractivity contribution in [1.29, 1.82) is 0 Å². The first-order chi connectivity index (χ1) is 37.4. The molecule has 0 bridgehead atoms. The minimum Gasteiger partial charge on any atom is -0.458 e. The van der Waals surface area contributed by atoms with Gasteiger partial charge in [0.05, 0.1) is 10.4 Å². The molecule has 0 saturated carbocycles. The van der Waals surface area contributed by atoms with Gasteiger partial charge in [-0.3, -0.25) is 0 Å². The first-order valence-corrected chi connectivity index (χ1v) is 29.3. The summed E-state index contributed by atoms with van der Waals surface area (Å²) in [6.45, 7) is 6.71. The third-order valence-electron chi connectivity index (χ3n) is 17.0. The number of thiophene rings is 1. The maximum atomic E-state index is 7.21. The van der Waals surface area contributed by atoms with Crippen molar-refractivity contribution in [3.8, 4) is 22.6 Å². The van der Waals surface area contributed by atoms with E-state index in [1.165, 1.54) is 113 Å². The van der Waals surface area contributed by atoms with Crippen molar-refractivity contribution in [2.24, 2.45) is 0 Å². The minimum atomic E-state index is -2.99. The predicted molar refractivity (Wildman–Crippen MR) is 327 cm³/mol. The Kier molecular flexibility index (Phi) is 9.47. The lowest BCUT2D eigenvalue weighted by Gasteiger charge is -2.46. The molecule has 0 amide bonds. The molecule has 0 radical (unpaired) electrons. The van der Waals surface area contributed by atoms with E-state index in [1.54, 1.807) is 0 Å². The van der Waals surface area contributed by atoms with E-state index in [0.717, 1.165) is 39.0 Å². The fourth-order valence-corrected chi connectivity index (χ4v) is 20.1. The van der Waals surface area contributed by atoms with E-state index in [2.05, 4.69) is 256 Å². The Morgan fingerprint density at radius 1 is 0.408 bits per heavy atom. The summed E-state index contributed by atoms with van der Waals surface area (Å²) in [5, 5.41) is 10.2. The normalized spacial score (nSPS) is 13.2. The highest BCUT2D eigenvalue weighted by molar-refractivity contribution is 7.27. The Labute approximate surface area is 447 Å². The molecule has 2 aromatic heterocycles. The highest BCUT2D eigenvalue weighted by Crippen LogP contribution is 2.50. The van der Waals surface area contributed by atoms with Crippen LogP contribution in [0.3, 0.4) is 0 Å². The molecule has 0 unspecified atom stereocenters. The maximum absolute atomic E-state index is 7.21. The molecule has 76 heavy (non-hydrogen) atoms. The van der Waals surface area contributed by atoms with Crippen molar-refractivity contribution >= 4 is 146 Å². The number of anilines is 3. The number of fused-ring (bicyclic) bond motifs is 13. The quantitative estimate of drug-likeness (QED) is 0.123. The molecule has 7 heteroatoms. The number of ether oxygens (including phenoxy) is 1. The number of hydrogen-bond donors (Lipinski definition) is 0. The zero-order chi connectivity index (χ0) is 50.4. The zero-order valence-corrected chi connectivity index (χ0v) is 44.1. The SMILES string of the molecule is Cc1cc(C)c(B2c3cc([Si](c4ccccc4)(c4ccccc4)c4ccccc4)ccc3N3c4c2cc(-c2ccc5oc6ccccc6c5c2)cc4B2c4ccccc4Oc4cc5c(sc6ccccc65)c3c42)c(C)c1. The molecule has 3 aliphatic heterocycles. The molecule has 0 atom stereocenters. The molecule has 11 aromatic carbocycles. The summed E-state index contributed by atoms with van der Waals surface area (Å²) in [4.78, 5) is 2.69. The summed E-state index contributed by atoms with van der Waals surface area (Å²) in [6, 6.07) is 86.9. The van der Waals surface area contributed by atoms with Crippen LogP contribution in [0.15, 0.2) is 235 Å². The van der Waals surface area contributed by atoms with Crippen LogP contribution in [0.2, 0.25) is 0 Å². The standard InChI is InChI=1S/C69H47B2NO2SSi/c1-42-35-43(2)65(44(3)36-42)71-56-40-50(76(47-19-7-4-8-20-47,48-21-9-5-10-22-48)49-23-11-6-12-24-49)32-33-59(56)72-67-57(38-46(39-58(67)71)45-31-34-61-53(37-45)51-25-13-16-28-60(51)73-61)70-55-27-15-17-29-62(55)74-63-41-54-52-26-14-18-30-64(52)75-69(54)68(72)66(63)70/h4-41H,1-3H3. The van der Waals surface area contributed by atoms with Crippen LogP contribution >= 0.6 is 11.3 Å². The van der Waals surface area contributed by atoms with Crippen LogP contribution in [0.25, 0.3) is 53.2 Å². The molecule has 3 nitrogen and oxygen atoms in total. The van der Waals surface area contributed by atoms with Crippen LogP contribution in [0, 0.1) is 20.8 Å². The van der Waals surface area contributed by atoms with Gasteiger partial charge in [-0.05, 0) is 122 Å². The minimum absolute atomic E-state index is 0.0935. The van der Waals surface area contributed by atoms with Crippen molar-refractivity contribution in [3.05, 3.63) is 247 Å². The lowest BCUT2D eigenvalue weighted by molar-refractivity contribution is 0.488. The average molecular weight is 1000 g/mol. The molecule has 5 heterocycles. The van der Waals surface area contributed by atoms with Gasteiger partial charge in [0.1, 0.15) is 22.7 Å². The summed E-state index contributed by atoms with van der Waals surface area (Å²) < 4.78 is 16.2. The van der Waals surface area contributed by atoms with Crippen molar-refractivity contribution in [2.45, 2.75) is 20.8 Å². The third-order valence-corrected chi connectivity index (χ3v) is 23.0. The van der Waals surface area contributed by atoms with Gasteiger partial charge in [-0.15, -0.1) is 11.3 Å². The molecule has 3 aliphatic rings. The van der Waals surface area contributed by atoms with E-state index < -0.39 is 8.07 Å². The van der Waals surface area contributed by atoms with Gasteiger partial charge in [-0.25, -0.2) is 0 Å². The number of nitrogens with zero attached hydrogens (tertiary/aromatic N) is 1. The van der Waals surface area contributed by atoms with Gasteiger partial charge < -0.3 is 14.1 Å². The maximum Gasteiger partial charge on any atom is 0.256 e. The first-order valence-electron chi connectivity index (χ1n) is 26.5. The molecule has 0 spiro atoms. The van der Waals surface area contributed by atoms with Gasteiger partial charge in [0.2, 0.25) is 6.71 Å². The van der Waals surface area contributed by atoms with E-state index in [9.17, 15) is 0 Å². The van der Waals surface area contributed by atoms with Crippen LogP contribution < -0.4 is 63.2 Å². The topological polar surface area (TPSA) is 25.6 Å². The summed E-state index contributed by atoms with van der Waals surface area (Å²) in [6.07, 6.45) is 0. The third kappa shape index (κ3) is 6.12. The molecule has 0 N–H and O–H groups in total. The van der Waals surface area contributed by atoms with E-state index in [0.29, 0.717) is 0 Å². The fourth-order valence-electron chi connectivity index (χ4n) is 14.0. The number of benzene rings is 11. The van der Waals surface area contributed by atoms with E-state index >= 15 is 0 Å². The van der Waals surface area contributed by atoms with E-state index in [1.807, 2.05) is 11.3 Å². The second-order valence-corrected chi connectivity index (χ2v) is 26.1. The van der Waals surface area contributed by atoms with E-state index in [4.69, 9.17) is 9.15 Å². The molecule has 0 fully saturated rings. The summed E-state index contributed by atoms with van der Waals surface area (Å²) in [5.74, 6) is 1.84. The van der Waals surface area contributed by atoms with Crippen molar-refractivity contribution < 1.29 is 9.15 Å². The molecule has 356 valence electrons. The number of aryl methyl sites for hydroxylation is 3. The second kappa shape index (κ2) is 16.4. The monoisotopic (exact) mass is 1000 g/mol. The van der Waals surface area contributed by atoms with Gasteiger partial charge in [0.15, 0.2) is 8.07 Å². The number of para-hydroxylation sites is 2. The lowest BCUT2D eigenvalue weighted by Crippen LogP contribution is -2.75. The van der Waals surface area contributed by atoms with Crippen LogP contribution in [0.1, 0.15) is 16.7 Å². The Morgan fingerprint density at radius 2 is 1.01 bits per heavy atom. The highest BCUT2D eigenvalue weighted by Gasteiger charge is 2.50. The predicted octanol–water partition coefficient (Wildman–Crippen LogP) is 11.2. The zero-order valence-electron chi connectivity index (χ0n) is 42.3. The van der Waals surface area contributed by atoms with Crippen LogP contribution in [0.5, 0.6) is 11.5 Å². The molecule has 13 aromatic rings. The smallest absolute Gasteiger partial charge is 0.256 e. The van der Waals surface area contributed by atoms with Gasteiger partial charge >= 0.3 is 0 Å². The summed E-state index contributed by atoms with van der Waals surface area (Å²) in [5.41, 5.74) is 19.4. The van der Waals surface area contributed by atoms with Crippen LogP contribution in [-0.2, 0) is 0 Å². The van der Waals surface area contributed by atoms with Crippen molar-refractivity contribution in [3.63, 3.8) is 0 Å². The summed E-state index contributed by atoms with van der Waals surface area (Å²) >= 11 is 1.91. The highest BCUT2D eigenvalue weighted by atomic mass is 32.1. The molecular formula is C69H47B2NO2SSi. The van der Waals surface area contributed by atoms with Crippen LogP contribution in [-0.4, -0.2) is 21.5 Å². The van der Waals surface area contributed by atoms with Gasteiger partial charge in [0.25, 0.3) is 6.71 Å². The number of furan rings is 1. The fraction of sp³-hybridized carbons (Fsp3) is 0.0435. The lowest BCUT2D eigenvalue weighted by atomic mass is 9.29. The van der Waals surface area contributed by atoms with Gasteiger partial charge in [-0.2, -0.15) is 0 Å². The van der Waals surface area contributed by atoms with Gasteiger partial charge in [-0.1, -0.05) is 210 Å². The second-order valence-electron chi connectivity index (χ2n) is 21.2. The number of rotatable bonds is 6. The van der Waals surface area contributed by atoms with Crippen molar-refractivity contribution in [2.75, 3.05) is 4.90 Å². The summed E-state index contributed by atoms with van der Waals surface area (Å²) in [7, 11) is -2.99. The Morgan fingerprint density at radius 3 is 1.72 bits per heavy atom. The Hall–Kier alpha value is -8.61. The average Bonchev–Trinajstić information content (AvgIpc) is 4.10. The van der Waals surface area contributed by atoms with Crippen molar-refractivity contribution in [1.82, 2.24) is 0 Å². The Balaban J connectivity index is 1.08. The molecule has 0 saturated heterocycles.